The zero-order valence-corrected chi connectivity index (χ0v) is 28.1. The Morgan fingerprint density at radius 3 is 1.95 bits per heavy atom. The van der Waals surface area contributed by atoms with Crippen molar-refractivity contribution >= 4 is 11.8 Å². The number of ether oxygens (including phenoxy) is 1. The second-order valence-corrected chi connectivity index (χ2v) is 11.9. The van der Waals surface area contributed by atoms with Crippen molar-refractivity contribution in [3.8, 4) is 5.75 Å². The summed E-state index contributed by atoms with van der Waals surface area (Å²) in [5.41, 5.74) is 2.18. The molecule has 40 heavy (non-hydrogen) atoms. The Bertz CT molecular complexity index is 1030. The number of benzene rings is 1. The second-order valence-electron chi connectivity index (χ2n) is 11.9. The molecule has 1 aromatic heterocycles. The normalized spacial score (nSPS) is 11.2. The molecule has 0 unspecified atom stereocenters. The zero-order valence-electron chi connectivity index (χ0n) is 25.9. The first-order valence-corrected chi connectivity index (χ1v) is 15.2. The standard InChI is InChI=1S/C34H53N2O3.HI/c1-7-8-9-10-11-12-13-14-15-16-17-20-25-39-32-23-22-29(26-31(32)34(3,4)5)33(38)36(28(2)37)27-30-21-18-19-24-35(30)6;/h18-19,21-24,26H,7-17,20,25,27H2,1-6H3;1H/q+1;/p-1. The minimum Gasteiger partial charge on any atom is -1.00 e. The number of hydrogen-bond acceptors (Lipinski definition) is 3. The van der Waals surface area contributed by atoms with E-state index in [1.165, 1.54) is 82.5 Å². The van der Waals surface area contributed by atoms with E-state index in [1.807, 2.05) is 48.1 Å². The van der Waals surface area contributed by atoms with Crippen LogP contribution in [0.3, 0.4) is 0 Å². The summed E-state index contributed by atoms with van der Waals surface area (Å²) in [7, 11) is 1.92. The van der Waals surface area contributed by atoms with Gasteiger partial charge in [-0.05, 0) is 30.0 Å². The number of carbonyl (C=O) groups excluding carboxylic acids is 2. The highest BCUT2D eigenvalue weighted by molar-refractivity contribution is 6.04. The molecule has 0 N–H and O–H groups in total. The van der Waals surface area contributed by atoms with E-state index in [-0.39, 0.29) is 47.8 Å². The summed E-state index contributed by atoms with van der Waals surface area (Å²) in [5, 5.41) is 0. The molecule has 0 radical (unpaired) electrons. The first-order chi connectivity index (χ1) is 18.6. The molecule has 2 amide bonds. The molecule has 0 fully saturated rings. The number of pyridine rings is 1. The summed E-state index contributed by atoms with van der Waals surface area (Å²) in [6, 6.07) is 11.4. The molecule has 6 heteroatoms. The van der Waals surface area contributed by atoms with Crippen molar-refractivity contribution in [3.05, 3.63) is 59.4 Å². The molecule has 1 heterocycles. The number of amides is 2. The molecule has 0 aliphatic heterocycles. The van der Waals surface area contributed by atoms with E-state index in [4.69, 9.17) is 4.74 Å². The van der Waals surface area contributed by atoms with Gasteiger partial charge in [-0.25, -0.2) is 4.57 Å². The van der Waals surface area contributed by atoms with Crippen LogP contribution < -0.4 is 33.3 Å². The fourth-order valence-electron chi connectivity index (χ4n) is 4.87. The van der Waals surface area contributed by atoms with Crippen molar-refractivity contribution in [2.45, 2.75) is 124 Å². The Balaban J connectivity index is 0.00000800. The number of nitrogens with zero attached hydrogens (tertiary/aromatic N) is 2. The highest BCUT2D eigenvalue weighted by atomic mass is 127. The van der Waals surface area contributed by atoms with Gasteiger partial charge in [0.1, 0.15) is 19.3 Å². The van der Waals surface area contributed by atoms with Crippen LogP contribution in [0.4, 0.5) is 0 Å². The van der Waals surface area contributed by atoms with Crippen LogP contribution in [-0.4, -0.2) is 23.3 Å². The number of rotatable bonds is 17. The van der Waals surface area contributed by atoms with Gasteiger partial charge in [0.25, 0.3) is 5.91 Å². The van der Waals surface area contributed by atoms with Crippen molar-refractivity contribution < 1.29 is 42.9 Å². The van der Waals surface area contributed by atoms with Crippen molar-refractivity contribution in [1.29, 1.82) is 0 Å². The van der Waals surface area contributed by atoms with Gasteiger partial charge >= 0.3 is 0 Å². The lowest BCUT2D eigenvalue weighted by atomic mass is 9.85. The molecule has 0 atom stereocenters. The maximum atomic E-state index is 13.4. The van der Waals surface area contributed by atoms with E-state index in [0.29, 0.717) is 12.2 Å². The Kier molecular flexibility index (Phi) is 17.3. The number of aryl methyl sites for hydroxylation is 1. The lowest BCUT2D eigenvalue weighted by Crippen LogP contribution is -3.00. The van der Waals surface area contributed by atoms with Crippen molar-refractivity contribution in [1.82, 2.24) is 4.90 Å². The van der Waals surface area contributed by atoms with Gasteiger partial charge in [0.05, 0.1) is 6.61 Å². The van der Waals surface area contributed by atoms with Crippen LogP contribution in [-0.2, 0) is 23.8 Å². The van der Waals surface area contributed by atoms with Crippen LogP contribution in [0.5, 0.6) is 5.75 Å². The number of unbranched alkanes of at least 4 members (excludes halogenated alkanes) is 11. The van der Waals surface area contributed by atoms with Crippen LogP contribution in [0.1, 0.15) is 133 Å². The predicted molar refractivity (Wildman–Crippen MR) is 160 cm³/mol. The van der Waals surface area contributed by atoms with Crippen LogP contribution in [0.25, 0.3) is 0 Å². The number of hydrogen-bond donors (Lipinski definition) is 0. The molecule has 5 nitrogen and oxygen atoms in total. The van der Waals surface area contributed by atoms with Gasteiger partial charge in [0, 0.05) is 30.2 Å². The second kappa shape index (κ2) is 19.2. The Hall–Kier alpha value is -1.96. The van der Waals surface area contributed by atoms with Gasteiger partial charge in [0.2, 0.25) is 11.6 Å². The van der Waals surface area contributed by atoms with Gasteiger partial charge in [0.15, 0.2) is 6.20 Å². The molecular weight excluding hydrogens is 611 g/mol. The molecular formula is C34H53IN2O3. The van der Waals surface area contributed by atoms with E-state index < -0.39 is 0 Å². The zero-order chi connectivity index (χ0) is 28.7. The summed E-state index contributed by atoms with van der Waals surface area (Å²) in [4.78, 5) is 27.2. The van der Waals surface area contributed by atoms with E-state index in [2.05, 4.69) is 27.7 Å². The summed E-state index contributed by atoms with van der Waals surface area (Å²) < 4.78 is 8.14. The van der Waals surface area contributed by atoms with Crippen LogP contribution >= 0.6 is 0 Å². The third-order valence-corrected chi connectivity index (χ3v) is 7.40. The van der Waals surface area contributed by atoms with Gasteiger partial charge in [-0.1, -0.05) is 104 Å². The van der Waals surface area contributed by atoms with E-state index in [9.17, 15) is 9.59 Å². The van der Waals surface area contributed by atoms with Crippen molar-refractivity contribution in [2.24, 2.45) is 7.05 Å². The lowest BCUT2D eigenvalue weighted by Gasteiger charge is -2.25. The smallest absolute Gasteiger partial charge is 0.260 e. The maximum Gasteiger partial charge on any atom is 0.260 e. The van der Waals surface area contributed by atoms with Crippen molar-refractivity contribution in [2.75, 3.05) is 6.61 Å². The third kappa shape index (κ3) is 12.7. The van der Waals surface area contributed by atoms with Gasteiger partial charge in [-0.3, -0.25) is 14.5 Å². The minimum absolute atomic E-state index is 0. The number of aromatic nitrogens is 1. The number of halogens is 1. The van der Waals surface area contributed by atoms with Crippen molar-refractivity contribution in [3.63, 3.8) is 0 Å². The number of imide groups is 1. The summed E-state index contributed by atoms with van der Waals surface area (Å²) in [6.45, 7) is 11.0. The highest BCUT2D eigenvalue weighted by Crippen LogP contribution is 2.33. The summed E-state index contributed by atoms with van der Waals surface area (Å²) in [5.74, 6) is 0.267. The van der Waals surface area contributed by atoms with E-state index in [0.717, 1.165) is 23.4 Å². The highest BCUT2D eigenvalue weighted by Gasteiger charge is 2.26. The lowest BCUT2D eigenvalue weighted by molar-refractivity contribution is -0.679. The van der Waals surface area contributed by atoms with Crippen LogP contribution in [0, 0.1) is 0 Å². The molecule has 0 spiro atoms. The van der Waals surface area contributed by atoms with Crippen LogP contribution in [0.15, 0.2) is 42.6 Å². The fraction of sp³-hybridized carbons (Fsp3) is 0.618. The molecule has 2 rings (SSSR count). The van der Waals surface area contributed by atoms with Gasteiger partial charge in [-0.2, -0.15) is 0 Å². The maximum absolute atomic E-state index is 13.4. The van der Waals surface area contributed by atoms with Gasteiger partial charge < -0.3 is 28.7 Å². The minimum atomic E-state index is -0.288. The summed E-state index contributed by atoms with van der Waals surface area (Å²) in [6.07, 6.45) is 17.7. The largest absolute Gasteiger partial charge is 1.00 e. The average Bonchev–Trinajstić information content (AvgIpc) is 2.89. The predicted octanol–water partition coefficient (Wildman–Crippen LogP) is 5.08. The molecule has 0 aliphatic carbocycles. The van der Waals surface area contributed by atoms with E-state index in [1.54, 1.807) is 6.07 Å². The Morgan fingerprint density at radius 2 is 1.43 bits per heavy atom. The molecule has 2 aromatic rings. The number of carbonyl (C=O) groups is 2. The first-order valence-electron chi connectivity index (χ1n) is 15.2. The fourth-order valence-corrected chi connectivity index (χ4v) is 4.87. The van der Waals surface area contributed by atoms with E-state index >= 15 is 0 Å². The molecule has 1 aromatic carbocycles. The Morgan fingerprint density at radius 1 is 0.850 bits per heavy atom. The topological polar surface area (TPSA) is 50.5 Å². The third-order valence-electron chi connectivity index (χ3n) is 7.40. The molecule has 0 saturated carbocycles. The molecule has 0 bridgehead atoms. The van der Waals surface area contributed by atoms with Gasteiger partial charge in [-0.15, -0.1) is 0 Å². The molecule has 0 saturated heterocycles. The molecule has 224 valence electrons. The SMILES string of the molecule is CCCCCCCCCCCCCCOc1ccc(C(=O)N(Cc2cccc[n+]2C)C(C)=O)cc1C(C)(C)C.[I-]. The monoisotopic (exact) mass is 664 g/mol. The van der Waals surface area contributed by atoms with Crippen LogP contribution in [0.2, 0.25) is 0 Å². The average molecular weight is 665 g/mol. The molecule has 0 aliphatic rings. The first kappa shape index (κ1) is 36.1. The quantitative estimate of drug-likeness (QED) is 0.135. The Labute approximate surface area is 261 Å². The summed E-state index contributed by atoms with van der Waals surface area (Å²) >= 11 is 0.